The highest BCUT2D eigenvalue weighted by molar-refractivity contribution is 7.90. The first kappa shape index (κ1) is 7.10. The summed E-state index contributed by atoms with van der Waals surface area (Å²) >= 11 is 0. The molecule has 1 rings (SSSR count). The minimum absolute atomic E-state index is 0.186. The van der Waals surface area contributed by atoms with Crippen LogP contribution in [0.1, 0.15) is 33.7 Å². The molecule has 2 N–H and O–H groups in total. The maximum atomic E-state index is 12.2. The number of ether oxygens (including phenoxy) is 1. The van der Waals surface area contributed by atoms with Gasteiger partial charge in [-0.25, -0.2) is 4.79 Å². The normalized spacial score (nSPS) is 19.1. The van der Waals surface area contributed by atoms with Gasteiger partial charge < -0.3 is 4.74 Å². The predicted octanol–water partition coefficient (Wildman–Crippen LogP) is 1.13. The van der Waals surface area contributed by atoms with Gasteiger partial charge in [0, 0.05) is 15.6 Å². The summed E-state index contributed by atoms with van der Waals surface area (Å²) in [5, 5.41) is 0. The molecule has 0 aliphatic heterocycles. The molecule has 0 atom stereocenters. The van der Waals surface area contributed by atoms with E-state index in [1.54, 1.807) is 0 Å². The second-order valence-corrected chi connectivity index (χ2v) is 4.53. The number of esters is 1. The van der Waals surface area contributed by atoms with Crippen molar-refractivity contribution in [1.82, 2.24) is 4.72 Å². The first-order chi connectivity index (χ1) is 11.1. The van der Waals surface area contributed by atoms with Gasteiger partial charge in [0.1, 0.15) is 0 Å². The lowest BCUT2D eigenvalue weighted by Gasteiger charge is -2.13. The molecule has 1 aromatic rings. The SMILES string of the molecule is [2H]C([2H])([2H])C([2H])(NS(=O)(=O)Nc1ccccc1C(=O)OC)C([2H])([2H])[2H]. The van der Waals surface area contributed by atoms with Crippen molar-refractivity contribution in [2.75, 3.05) is 11.8 Å². The number of methoxy groups -OCH3 is 1. The number of carbonyl (C=O) groups excluding carboxylic acids is 1. The lowest BCUT2D eigenvalue weighted by molar-refractivity contribution is 0.0602. The fraction of sp³-hybridized carbons (Fsp3) is 0.364. The molecule has 0 saturated carbocycles. The second kappa shape index (κ2) is 5.83. The summed E-state index contributed by atoms with van der Waals surface area (Å²) in [5.41, 5.74) is -0.464. The summed E-state index contributed by atoms with van der Waals surface area (Å²) in [4.78, 5) is 11.6. The summed E-state index contributed by atoms with van der Waals surface area (Å²) in [6.07, 6.45) is 0. The van der Waals surface area contributed by atoms with Crippen LogP contribution < -0.4 is 9.44 Å². The Morgan fingerprint density at radius 3 is 2.72 bits per heavy atom. The van der Waals surface area contributed by atoms with Crippen LogP contribution in [0.25, 0.3) is 0 Å². The van der Waals surface area contributed by atoms with E-state index in [0.29, 0.717) is 0 Å². The number of benzene rings is 1. The molecular formula is C11H16N2O4S. The quantitative estimate of drug-likeness (QED) is 0.791. The van der Waals surface area contributed by atoms with Crippen LogP contribution in [0.4, 0.5) is 5.69 Å². The molecule has 0 aliphatic carbocycles. The standard InChI is InChI=1S/C11H16N2O4S/c1-8(2)12-18(15,16)13-10-7-5-4-6-9(10)11(14)17-3/h4-8,12-13H,1-3H3/i1D3,2D3,8D. The molecule has 0 radical (unpaired) electrons. The van der Waals surface area contributed by atoms with Crippen LogP contribution in [0, 0.1) is 0 Å². The van der Waals surface area contributed by atoms with Crippen molar-refractivity contribution in [2.24, 2.45) is 0 Å². The van der Waals surface area contributed by atoms with Gasteiger partial charge in [-0.2, -0.15) is 13.1 Å². The zero-order valence-electron chi connectivity index (χ0n) is 16.4. The number of rotatable bonds is 5. The molecule has 6 nitrogen and oxygen atoms in total. The second-order valence-electron chi connectivity index (χ2n) is 3.12. The Morgan fingerprint density at radius 2 is 2.11 bits per heavy atom. The molecule has 0 aliphatic rings. The number of para-hydroxylation sites is 1. The molecule has 18 heavy (non-hydrogen) atoms. The summed E-state index contributed by atoms with van der Waals surface area (Å²) in [6.45, 7) is -6.98. The first-order valence-corrected chi connectivity index (χ1v) is 6.12. The van der Waals surface area contributed by atoms with Crippen molar-refractivity contribution < 1.29 is 27.5 Å². The summed E-state index contributed by atoms with van der Waals surface area (Å²) in [6, 6.07) is 1.74. The van der Waals surface area contributed by atoms with Crippen LogP contribution in [0.5, 0.6) is 0 Å². The third kappa shape index (κ3) is 4.01. The van der Waals surface area contributed by atoms with Gasteiger partial charge in [0.15, 0.2) is 0 Å². The van der Waals surface area contributed by atoms with Crippen molar-refractivity contribution in [3.63, 3.8) is 0 Å². The molecule has 0 heterocycles. The molecule has 0 fully saturated rings. The Bertz CT molecular complexity index is 732. The molecule has 0 unspecified atom stereocenters. The van der Waals surface area contributed by atoms with Gasteiger partial charge in [-0.3, -0.25) is 4.72 Å². The topological polar surface area (TPSA) is 84.5 Å². The molecule has 0 spiro atoms. The molecule has 0 bridgehead atoms. The maximum absolute atomic E-state index is 12.2. The van der Waals surface area contributed by atoms with Gasteiger partial charge in [0.2, 0.25) is 0 Å². The highest BCUT2D eigenvalue weighted by Gasteiger charge is 2.17. The molecule has 7 heteroatoms. The van der Waals surface area contributed by atoms with Crippen molar-refractivity contribution in [2.45, 2.75) is 19.7 Å². The van der Waals surface area contributed by atoms with Crippen molar-refractivity contribution in [3.8, 4) is 0 Å². The van der Waals surface area contributed by atoms with Gasteiger partial charge in [0.05, 0.1) is 18.4 Å². The minimum atomic E-state index is -4.84. The summed E-state index contributed by atoms with van der Waals surface area (Å²) in [7, 11) is -3.76. The molecular weight excluding hydrogens is 256 g/mol. The van der Waals surface area contributed by atoms with Gasteiger partial charge in [-0.05, 0) is 25.8 Å². The third-order valence-corrected chi connectivity index (χ3v) is 2.77. The molecule has 0 amide bonds. The van der Waals surface area contributed by atoms with Gasteiger partial charge in [-0.15, -0.1) is 0 Å². The van der Waals surface area contributed by atoms with E-state index in [2.05, 4.69) is 4.74 Å². The third-order valence-electron chi connectivity index (χ3n) is 1.81. The number of hydrogen-bond donors (Lipinski definition) is 2. The fourth-order valence-electron chi connectivity index (χ4n) is 1.16. The molecule has 0 saturated heterocycles. The average molecular weight is 279 g/mol. The zero-order valence-corrected chi connectivity index (χ0v) is 10.2. The molecule has 1 aromatic carbocycles. The van der Waals surface area contributed by atoms with Crippen LogP contribution in [-0.4, -0.2) is 27.5 Å². The van der Waals surface area contributed by atoms with Gasteiger partial charge >= 0.3 is 5.97 Å². The van der Waals surface area contributed by atoms with Crippen LogP contribution in [-0.2, 0) is 14.9 Å². The van der Waals surface area contributed by atoms with E-state index >= 15 is 0 Å². The van der Waals surface area contributed by atoms with Crippen LogP contribution in [0.2, 0.25) is 0 Å². The van der Waals surface area contributed by atoms with E-state index in [1.807, 2.05) is 4.72 Å². The lowest BCUT2D eigenvalue weighted by Crippen LogP contribution is -2.35. The monoisotopic (exact) mass is 279 g/mol. The Labute approximate surface area is 116 Å². The Balaban J connectivity index is 3.26. The Kier molecular flexibility index (Phi) is 2.30. The Morgan fingerprint density at radius 1 is 1.44 bits per heavy atom. The van der Waals surface area contributed by atoms with Crippen molar-refractivity contribution in [3.05, 3.63) is 29.8 Å². The van der Waals surface area contributed by atoms with E-state index in [9.17, 15) is 13.2 Å². The molecule has 100 valence electrons. The van der Waals surface area contributed by atoms with E-state index in [1.165, 1.54) is 29.0 Å². The molecule has 0 aromatic heterocycles. The van der Waals surface area contributed by atoms with E-state index in [4.69, 9.17) is 9.60 Å². The van der Waals surface area contributed by atoms with E-state index in [0.717, 1.165) is 7.11 Å². The largest absolute Gasteiger partial charge is 0.465 e. The van der Waals surface area contributed by atoms with Crippen LogP contribution >= 0.6 is 0 Å². The summed E-state index contributed by atoms with van der Waals surface area (Å²) in [5.74, 6) is -0.873. The van der Waals surface area contributed by atoms with E-state index in [-0.39, 0.29) is 11.3 Å². The van der Waals surface area contributed by atoms with Crippen molar-refractivity contribution in [1.29, 1.82) is 0 Å². The Hall–Kier alpha value is -1.60. The van der Waals surface area contributed by atoms with Crippen LogP contribution in [0.15, 0.2) is 24.3 Å². The number of anilines is 1. The predicted molar refractivity (Wildman–Crippen MR) is 68.6 cm³/mol. The lowest BCUT2D eigenvalue weighted by atomic mass is 10.2. The maximum Gasteiger partial charge on any atom is 0.339 e. The minimum Gasteiger partial charge on any atom is -0.465 e. The average Bonchev–Trinajstić information content (AvgIpc) is 2.43. The van der Waals surface area contributed by atoms with Gasteiger partial charge in [0.25, 0.3) is 10.2 Å². The van der Waals surface area contributed by atoms with Crippen LogP contribution in [0.3, 0.4) is 0 Å². The fourth-order valence-corrected chi connectivity index (χ4v) is 1.95. The number of hydrogen-bond acceptors (Lipinski definition) is 4. The zero-order chi connectivity index (χ0) is 19.7. The first-order valence-electron chi connectivity index (χ1n) is 8.14. The summed E-state index contributed by atoms with van der Waals surface area (Å²) < 4.78 is 82.9. The smallest absolute Gasteiger partial charge is 0.339 e. The number of carbonyl (C=O) groups is 1. The van der Waals surface area contributed by atoms with Gasteiger partial charge in [-0.1, -0.05) is 12.1 Å². The highest BCUT2D eigenvalue weighted by Crippen LogP contribution is 2.17. The number of nitrogens with one attached hydrogen (secondary N) is 2. The van der Waals surface area contributed by atoms with E-state index < -0.39 is 35.9 Å². The van der Waals surface area contributed by atoms with Crippen molar-refractivity contribution >= 4 is 21.9 Å². The highest BCUT2D eigenvalue weighted by atomic mass is 32.2.